The molecule has 2 aromatic carbocycles. The van der Waals surface area contributed by atoms with E-state index in [4.69, 9.17) is 9.72 Å². The van der Waals surface area contributed by atoms with E-state index in [1.54, 1.807) is 34.6 Å². The minimum atomic E-state index is -0.180. The number of thiazole rings is 1. The first-order valence-corrected chi connectivity index (χ1v) is 12.6. The zero-order valence-electron chi connectivity index (χ0n) is 20.0. The molecule has 10 nitrogen and oxygen atoms in total. The Morgan fingerprint density at radius 2 is 1.89 bits per heavy atom. The number of imidazole rings is 2. The average Bonchev–Trinajstić information content (AvgIpc) is 3.62. The van der Waals surface area contributed by atoms with Crippen molar-refractivity contribution in [2.24, 2.45) is 7.05 Å². The molecule has 0 bridgehead atoms. The van der Waals surface area contributed by atoms with Crippen LogP contribution in [-0.4, -0.2) is 68.2 Å². The quantitative estimate of drug-likeness (QED) is 0.396. The number of piperazine rings is 1. The van der Waals surface area contributed by atoms with Crippen molar-refractivity contribution in [3.05, 3.63) is 58.5 Å². The lowest BCUT2D eigenvalue weighted by Crippen LogP contribution is -2.50. The third-order valence-electron chi connectivity index (χ3n) is 6.73. The van der Waals surface area contributed by atoms with Crippen LogP contribution in [0.3, 0.4) is 0 Å². The maximum Gasteiger partial charge on any atom is 0.329 e. The van der Waals surface area contributed by atoms with Gasteiger partial charge in [0, 0.05) is 39.3 Å². The Balaban J connectivity index is 1.17. The predicted molar refractivity (Wildman–Crippen MR) is 140 cm³/mol. The summed E-state index contributed by atoms with van der Waals surface area (Å²) < 4.78 is 8.46. The molecular weight excluding hydrogens is 478 g/mol. The Kier molecular flexibility index (Phi) is 5.48. The van der Waals surface area contributed by atoms with Gasteiger partial charge in [-0.2, -0.15) is 0 Å². The molecule has 1 aliphatic heterocycles. The Bertz CT molecular complexity index is 1640. The third-order valence-corrected chi connectivity index (χ3v) is 7.61. The minimum absolute atomic E-state index is 0.0362. The number of para-hydroxylation sites is 2. The molecule has 36 heavy (non-hydrogen) atoms. The van der Waals surface area contributed by atoms with Crippen LogP contribution in [0.15, 0.2) is 52.8 Å². The third kappa shape index (κ3) is 3.72. The summed E-state index contributed by atoms with van der Waals surface area (Å²) in [4.78, 5) is 42.6. The van der Waals surface area contributed by atoms with E-state index in [0.29, 0.717) is 32.0 Å². The van der Waals surface area contributed by atoms with Crippen molar-refractivity contribution >= 4 is 44.3 Å². The highest BCUT2D eigenvalue weighted by atomic mass is 32.1. The summed E-state index contributed by atoms with van der Waals surface area (Å²) in [6.45, 7) is 2.55. The monoisotopic (exact) mass is 503 g/mol. The molecule has 0 unspecified atom stereocenters. The van der Waals surface area contributed by atoms with Crippen LogP contribution in [0.4, 0.5) is 5.00 Å². The molecule has 6 rings (SSSR count). The number of hydrogen-bond donors (Lipinski definition) is 1. The van der Waals surface area contributed by atoms with Crippen molar-refractivity contribution in [2.45, 2.75) is 6.54 Å². The van der Waals surface area contributed by atoms with Crippen LogP contribution in [0, 0.1) is 0 Å². The highest BCUT2D eigenvalue weighted by Crippen LogP contribution is 2.34. The fraction of sp³-hybridized carbons (Fsp3) is 0.280. The van der Waals surface area contributed by atoms with Crippen molar-refractivity contribution in [3.63, 3.8) is 0 Å². The number of aromatic amines is 1. The molecule has 1 aliphatic rings. The van der Waals surface area contributed by atoms with E-state index in [0.717, 1.165) is 38.5 Å². The molecule has 0 spiro atoms. The van der Waals surface area contributed by atoms with Gasteiger partial charge in [0.25, 0.3) is 0 Å². The van der Waals surface area contributed by atoms with Crippen LogP contribution in [0.1, 0.15) is 0 Å². The second-order valence-electron chi connectivity index (χ2n) is 8.76. The normalized spacial score (nSPS) is 14.2. The zero-order valence-corrected chi connectivity index (χ0v) is 20.8. The average molecular weight is 504 g/mol. The van der Waals surface area contributed by atoms with Crippen LogP contribution in [0.25, 0.3) is 33.6 Å². The topological polar surface area (TPSA) is 101 Å². The maximum atomic E-state index is 13.1. The first-order chi connectivity index (χ1) is 17.5. The number of carbonyl (C=O) groups excluding carboxylic acids is 1. The van der Waals surface area contributed by atoms with Crippen LogP contribution < -0.4 is 15.3 Å². The van der Waals surface area contributed by atoms with Gasteiger partial charge in [-0.1, -0.05) is 12.1 Å². The number of nitrogens with one attached hydrogen (secondary N) is 1. The van der Waals surface area contributed by atoms with Crippen LogP contribution >= 0.6 is 11.3 Å². The summed E-state index contributed by atoms with van der Waals surface area (Å²) in [6.07, 6.45) is 0. The molecule has 0 atom stereocenters. The number of methoxy groups -OCH3 is 1. The van der Waals surface area contributed by atoms with Gasteiger partial charge in [0.1, 0.15) is 23.0 Å². The molecule has 0 saturated carbocycles. The van der Waals surface area contributed by atoms with E-state index in [9.17, 15) is 9.59 Å². The van der Waals surface area contributed by atoms with Crippen molar-refractivity contribution < 1.29 is 9.53 Å². The van der Waals surface area contributed by atoms with Crippen LogP contribution in [0.2, 0.25) is 0 Å². The van der Waals surface area contributed by atoms with Gasteiger partial charge in [-0.3, -0.25) is 13.9 Å². The standard InChI is InChI=1S/C25H25N7O3S/c1-29-19-5-3-4-6-20(19)32(25(29)34)14-21(33)30-9-11-31(12-10-30)24-22(26-15-36-24)23-27-17-8-7-16(35-2)13-18(17)28-23/h3-8,13,15H,9-12,14H2,1-2H3,(H,27,28). The summed E-state index contributed by atoms with van der Waals surface area (Å²) in [5.74, 6) is 1.43. The number of rotatable bonds is 5. The van der Waals surface area contributed by atoms with Crippen molar-refractivity contribution in [2.75, 3.05) is 38.2 Å². The highest BCUT2D eigenvalue weighted by molar-refractivity contribution is 7.14. The second-order valence-corrected chi connectivity index (χ2v) is 9.59. The summed E-state index contributed by atoms with van der Waals surface area (Å²) >= 11 is 1.57. The highest BCUT2D eigenvalue weighted by Gasteiger charge is 2.26. The lowest BCUT2D eigenvalue weighted by Gasteiger charge is -2.35. The Morgan fingerprint density at radius 1 is 1.11 bits per heavy atom. The molecule has 1 fully saturated rings. The van der Waals surface area contributed by atoms with Gasteiger partial charge in [0.15, 0.2) is 5.82 Å². The summed E-state index contributed by atoms with van der Waals surface area (Å²) in [5.41, 5.74) is 5.78. The fourth-order valence-electron chi connectivity index (χ4n) is 4.76. The number of aromatic nitrogens is 5. The molecule has 5 aromatic rings. The summed E-state index contributed by atoms with van der Waals surface area (Å²) in [7, 11) is 3.37. The second kappa shape index (κ2) is 8.83. The van der Waals surface area contributed by atoms with E-state index in [-0.39, 0.29) is 18.1 Å². The minimum Gasteiger partial charge on any atom is -0.497 e. The van der Waals surface area contributed by atoms with Crippen LogP contribution in [0.5, 0.6) is 5.75 Å². The number of aryl methyl sites for hydroxylation is 1. The van der Waals surface area contributed by atoms with E-state index < -0.39 is 0 Å². The lowest BCUT2D eigenvalue weighted by atomic mass is 10.3. The molecule has 0 aliphatic carbocycles. The Morgan fingerprint density at radius 3 is 2.67 bits per heavy atom. The molecule has 3 aromatic heterocycles. The van der Waals surface area contributed by atoms with Crippen molar-refractivity contribution in [1.82, 2.24) is 29.0 Å². The smallest absolute Gasteiger partial charge is 0.329 e. The lowest BCUT2D eigenvalue weighted by molar-refractivity contribution is -0.132. The summed E-state index contributed by atoms with van der Waals surface area (Å²) in [6, 6.07) is 13.3. The molecule has 11 heteroatoms. The van der Waals surface area contributed by atoms with E-state index >= 15 is 0 Å². The number of fused-ring (bicyclic) bond motifs is 2. The number of ether oxygens (including phenoxy) is 1. The molecular formula is C25H25N7O3S. The van der Waals surface area contributed by atoms with Gasteiger partial charge in [0.2, 0.25) is 5.91 Å². The number of anilines is 1. The first-order valence-electron chi connectivity index (χ1n) is 11.7. The van der Waals surface area contributed by atoms with Gasteiger partial charge in [-0.15, -0.1) is 11.3 Å². The van der Waals surface area contributed by atoms with Gasteiger partial charge in [-0.25, -0.2) is 14.8 Å². The number of amides is 1. The van der Waals surface area contributed by atoms with Gasteiger partial charge >= 0.3 is 5.69 Å². The number of benzene rings is 2. The number of carbonyl (C=O) groups is 1. The molecule has 0 radical (unpaired) electrons. The van der Waals surface area contributed by atoms with Gasteiger partial charge < -0.3 is 19.5 Å². The zero-order chi connectivity index (χ0) is 24.8. The van der Waals surface area contributed by atoms with Crippen molar-refractivity contribution in [1.29, 1.82) is 0 Å². The Hall–Kier alpha value is -4.12. The summed E-state index contributed by atoms with van der Waals surface area (Å²) in [5, 5.41) is 1.03. The first kappa shape index (κ1) is 22.4. The molecule has 184 valence electrons. The van der Waals surface area contributed by atoms with Gasteiger partial charge in [-0.05, 0) is 24.3 Å². The predicted octanol–water partition coefficient (Wildman–Crippen LogP) is 2.70. The fourth-order valence-corrected chi connectivity index (χ4v) is 5.62. The molecule has 1 saturated heterocycles. The van der Waals surface area contributed by atoms with E-state index in [2.05, 4.69) is 14.9 Å². The van der Waals surface area contributed by atoms with E-state index in [1.807, 2.05) is 52.9 Å². The molecule has 4 heterocycles. The number of H-pyrrole nitrogens is 1. The SMILES string of the molecule is COc1ccc2nc(-c3ncsc3N3CCN(C(=O)Cn4c(=O)n(C)c5ccccc54)CC3)[nH]c2c1. The largest absolute Gasteiger partial charge is 0.497 e. The van der Waals surface area contributed by atoms with Crippen LogP contribution in [-0.2, 0) is 18.4 Å². The molecule has 1 amide bonds. The van der Waals surface area contributed by atoms with Crippen molar-refractivity contribution in [3.8, 4) is 17.3 Å². The maximum absolute atomic E-state index is 13.1. The molecule has 1 N–H and O–H groups in total. The van der Waals surface area contributed by atoms with E-state index in [1.165, 1.54) is 0 Å². The number of hydrogen-bond acceptors (Lipinski definition) is 7. The Labute approximate surface area is 210 Å². The number of nitrogens with zero attached hydrogens (tertiary/aromatic N) is 6. The van der Waals surface area contributed by atoms with Gasteiger partial charge in [0.05, 0.1) is 34.7 Å².